The highest BCUT2D eigenvalue weighted by molar-refractivity contribution is 5.56. The molecule has 0 amide bonds. The van der Waals surface area contributed by atoms with Crippen LogP contribution in [0.2, 0.25) is 0 Å². The molecule has 2 N–H and O–H groups in total. The molecular weight excluding hydrogens is 267 g/mol. The van der Waals surface area contributed by atoms with Crippen LogP contribution < -0.4 is 10.6 Å². The molecule has 2 unspecified atom stereocenters. The molecular formula is C17H27FN2O. The molecule has 3 nitrogen and oxygen atoms in total. The van der Waals surface area contributed by atoms with E-state index >= 15 is 0 Å². The van der Waals surface area contributed by atoms with Crippen molar-refractivity contribution in [2.75, 3.05) is 25.1 Å². The number of nitrogens with zero attached hydrogens (tertiary/aromatic N) is 1. The highest BCUT2D eigenvalue weighted by Gasteiger charge is 2.32. The molecule has 1 aliphatic heterocycles. The van der Waals surface area contributed by atoms with Gasteiger partial charge in [0.2, 0.25) is 0 Å². The molecule has 118 valence electrons. The molecule has 1 aliphatic rings. The topological polar surface area (TPSA) is 38.5 Å². The first-order chi connectivity index (χ1) is 9.99. The molecule has 1 fully saturated rings. The normalized spacial score (nSPS) is 24.1. The summed E-state index contributed by atoms with van der Waals surface area (Å²) in [6.07, 6.45) is 3.63. The summed E-state index contributed by atoms with van der Waals surface area (Å²) >= 11 is 0. The van der Waals surface area contributed by atoms with Gasteiger partial charge in [0.15, 0.2) is 0 Å². The highest BCUT2D eigenvalue weighted by atomic mass is 19.1. The molecule has 0 bridgehead atoms. The summed E-state index contributed by atoms with van der Waals surface area (Å²) in [6.45, 7) is 5.75. The number of anilines is 1. The fourth-order valence-electron chi connectivity index (χ4n) is 3.07. The van der Waals surface area contributed by atoms with Gasteiger partial charge in [-0.15, -0.1) is 0 Å². The van der Waals surface area contributed by atoms with Crippen LogP contribution in [0.5, 0.6) is 0 Å². The molecule has 0 radical (unpaired) electrons. The Kier molecular flexibility index (Phi) is 5.22. The minimum Gasteiger partial charge on any atom is -0.377 e. The van der Waals surface area contributed by atoms with Crippen LogP contribution in [0.1, 0.15) is 38.7 Å². The Hall–Kier alpha value is -1.13. The zero-order valence-corrected chi connectivity index (χ0v) is 13.4. The van der Waals surface area contributed by atoms with Crippen LogP contribution >= 0.6 is 0 Å². The molecule has 0 aromatic heterocycles. The SMILES string of the molecule is CCC(N)Cc1cccc(F)c1N1CCCC(C)(OC)C1. The Morgan fingerprint density at radius 1 is 1.48 bits per heavy atom. The van der Waals surface area contributed by atoms with Gasteiger partial charge < -0.3 is 15.4 Å². The maximum Gasteiger partial charge on any atom is 0.146 e. The lowest BCUT2D eigenvalue weighted by Crippen LogP contribution is -2.48. The predicted octanol–water partition coefficient (Wildman–Crippen LogP) is 3.11. The molecule has 0 saturated carbocycles. The highest BCUT2D eigenvalue weighted by Crippen LogP contribution is 2.32. The first-order valence-corrected chi connectivity index (χ1v) is 7.82. The van der Waals surface area contributed by atoms with Gasteiger partial charge in [-0.2, -0.15) is 0 Å². The smallest absolute Gasteiger partial charge is 0.146 e. The van der Waals surface area contributed by atoms with Crippen LogP contribution in [-0.2, 0) is 11.2 Å². The van der Waals surface area contributed by atoms with Gasteiger partial charge in [0, 0.05) is 26.2 Å². The van der Waals surface area contributed by atoms with Gasteiger partial charge in [0.25, 0.3) is 0 Å². The van der Waals surface area contributed by atoms with Crippen LogP contribution in [-0.4, -0.2) is 31.8 Å². The number of hydrogen-bond acceptors (Lipinski definition) is 3. The van der Waals surface area contributed by atoms with Crippen LogP contribution in [0.25, 0.3) is 0 Å². The average Bonchev–Trinajstić information content (AvgIpc) is 2.47. The maximum atomic E-state index is 14.4. The number of ether oxygens (including phenoxy) is 1. The zero-order valence-electron chi connectivity index (χ0n) is 13.4. The third-order valence-electron chi connectivity index (χ3n) is 4.54. The van der Waals surface area contributed by atoms with Crippen molar-refractivity contribution in [1.82, 2.24) is 0 Å². The standard InChI is InChI=1S/C17H27FN2O/c1-4-14(19)11-13-7-5-8-15(18)16(13)20-10-6-9-17(2,12-20)21-3/h5,7-8,14H,4,6,9-12,19H2,1-3H3. The van der Waals surface area contributed by atoms with E-state index in [9.17, 15) is 4.39 Å². The summed E-state index contributed by atoms with van der Waals surface area (Å²) in [5.41, 5.74) is 7.58. The Morgan fingerprint density at radius 2 is 2.24 bits per heavy atom. The van der Waals surface area contributed by atoms with E-state index in [-0.39, 0.29) is 17.5 Å². The van der Waals surface area contributed by atoms with Crippen molar-refractivity contribution in [2.45, 2.75) is 51.2 Å². The fourth-order valence-corrected chi connectivity index (χ4v) is 3.07. The lowest BCUT2D eigenvalue weighted by Gasteiger charge is -2.41. The molecule has 1 aromatic rings. The third-order valence-corrected chi connectivity index (χ3v) is 4.54. The van der Waals surface area contributed by atoms with E-state index in [0.29, 0.717) is 12.1 Å². The quantitative estimate of drug-likeness (QED) is 0.907. The lowest BCUT2D eigenvalue weighted by molar-refractivity contribution is -0.00480. The second-order valence-electron chi connectivity index (χ2n) is 6.30. The van der Waals surface area contributed by atoms with Gasteiger partial charge in [-0.05, 0) is 44.2 Å². The second kappa shape index (κ2) is 6.75. The maximum absolute atomic E-state index is 14.4. The van der Waals surface area contributed by atoms with Crippen LogP contribution in [0.3, 0.4) is 0 Å². The number of methoxy groups -OCH3 is 1. The number of para-hydroxylation sites is 1. The van der Waals surface area contributed by atoms with E-state index in [1.807, 2.05) is 6.07 Å². The number of hydrogen-bond donors (Lipinski definition) is 1. The van der Waals surface area contributed by atoms with E-state index in [1.165, 1.54) is 6.07 Å². The van der Waals surface area contributed by atoms with Gasteiger partial charge in [-0.1, -0.05) is 19.1 Å². The summed E-state index contributed by atoms with van der Waals surface area (Å²) in [4.78, 5) is 2.13. The van der Waals surface area contributed by atoms with Crippen molar-refractivity contribution in [1.29, 1.82) is 0 Å². The second-order valence-corrected chi connectivity index (χ2v) is 6.30. The van der Waals surface area contributed by atoms with E-state index in [0.717, 1.165) is 37.9 Å². The molecule has 1 saturated heterocycles. The summed E-state index contributed by atoms with van der Waals surface area (Å²) in [6, 6.07) is 5.38. The van der Waals surface area contributed by atoms with Crippen molar-refractivity contribution in [3.63, 3.8) is 0 Å². The van der Waals surface area contributed by atoms with Crippen molar-refractivity contribution < 1.29 is 9.13 Å². The molecule has 21 heavy (non-hydrogen) atoms. The molecule has 2 atom stereocenters. The van der Waals surface area contributed by atoms with E-state index in [1.54, 1.807) is 13.2 Å². The van der Waals surface area contributed by atoms with Crippen LogP contribution in [0.4, 0.5) is 10.1 Å². The Balaban J connectivity index is 2.29. The van der Waals surface area contributed by atoms with E-state index < -0.39 is 0 Å². The van der Waals surface area contributed by atoms with Crippen molar-refractivity contribution in [3.8, 4) is 0 Å². The van der Waals surface area contributed by atoms with Crippen LogP contribution in [0, 0.1) is 5.82 Å². The van der Waals surface area contributed by atoms with Gasteiger partial charge in [-0.3, -0.25) is 0 Å². The molecule has 4 heteroatoms. The van der Waals surface area contributed by atoms with Crippen molar-refractivity contribution >= 4 is 5.69 Å². The minimum atomic E-state index is -0.204. The average molecular weight is 294 g/mol. The molecule has 0 aliphatic carbocycles. The Labute approximate surface area is 127 Å². The number of benzene rings is 1. The first-order valence-electron chi connectivity index (χ1n) is 7.82. The van der Waals surface area contributed by atoms with Crippen molar-refractivity contribution in [3.05, 3.63) is 29.6 Å². The summed E-state index contributed by atoms with van der Waals surface area (Å²) in [5.74, 6) is -0.156. The van der Waals surface area contributed by atoms with Gasteiger partial charge in [0.1, 0.15) is 5.82 Å². The van der Waals surface area contributed by atoms with Gasteiger partial charge in [0.05, 0.1) is 11.3 Å². The fraction of sp³-hybridized carbons (Fsp3) is 0.647. The Bertz CT molecular complexity index is 480. The van der Waals surface area contributed by atoms with Gasteiger partial charge >= 0.3 is 0 Å². The largest absolute Gasteiger partial charge is 0.377 e. The molecule has 1 heterocycles. The third kappa shape index (κ3) is 3.74. The summed E-state index contributed by atoms with van der Waals surface area (Å²) < 4.78 is 20.0. The Morgan fingerprint density at radius 3 is 2.90 bits per heavy atom. The molecule has 1 aromatic carbocycles. The molecule has 2 rings (SSSR count). The van der Waals surface area contributed by atoms with Gasteiger partial charge in [-0.25, -0.2) is 4.39 Å². The van der Waals surface area contributed by atoms with E-state index in [2.05, 4.69) is 18.7 Å². The zero-order chi connectivity index (χ0) is 15.5. The number of halogens is 1. The first kappa shape index (κ1) is 16.2. The number of piperidine rings is 1. The van der Waals surface area contributed by atoms with Crippen LogP contribution in [0.15, 0.2) is 18.2 Å². The summed E-state index contributed by atoms with van der Waals surface area (Å²) in [7, 11) is 1.73. The number of rotatable bonds is 5. The minimum absolute atomic E-state index is 0.0733. The lowest BCUT2D eigenvalue weighted by atomic mass is 9.93. The number of nitrogens with two attached hydrogens (primary N) is 1. The predicted molar refractivity (Wildman–Crippen MR) is 85.2 cm³/mol. The molecule has 0 spiro atoms. The van der Waals surface area contributed by atoms with E-state index in [4.69, 9.17) is 10.5 Å². The summed E-state index contributed by atoms with van der Waals surface area (Å²) in [5, 5.41) is 0. The van der Waals surface area contributed by atoms with Crippen molar-refractivity contribution in [2.24, 2.45) is 5.73 Å². The monoisotopic (exact) mass is 294 g/mol.